The summed E-state index contributed by atoms with van der Waals surface area (Å²) in [7, 11) is 0. The van der Waals surface area contributed by atoms with E-state index in [2.05, 4.69) is 0 Å². The molecule has 0 fully saturated rings. The third-order valence-electron chi connectivity index (χ3n) is 1.48. The Morgan fingerprint density at radius 2 is 1.58 bits per heavy atom. The summed E-state index contributed by atoms with van der Waals surface area (Å²) in [5.41, 5.74) is 0.748. The average molecular weight is 172 g/mol. The Balaban J connectivity index is 0. The summed E-state index contributed by atoms with van der Waals surface area (Å²) in [5, 5.41) is 0. The van der Waals surface area contributed by atoms with Crippen LogP contribution in [-0.4, -0.2) is 12.6 Å². The smallest absolute Gasteiger partial charge is 1.00 e. The largest absolute Gasteiger partial charge is 1.00 e. The number of aldehydes is 2. The van der Waals surface area contributed by atoms with E-state index in [1.807, 2.05) is 6.07 Å². The Hall–Kier alpha value is -0.440. The van der Waals surface area contributed by atoms with Gasteiger partial charge in [0.25, 0.3) is 0 Å². The molecule has 0 unspecified atom stereocenters. The second kappa shape index (κ2) is 6.12. The van der Waals surface area contributed by atoms with E-state index in [4.69, 9.17) is 0 Å². The molecule has 58 valence electrons. The van der Waals surface area contributed by atoms with Gasteiger partial charge in [0.15, 0.2) is 0 Å². The quantitative estimate of drug-likeness (QED) is 0.309. The maximum Gasteiger partial charge on any atom is 1.00 e. The number of hydrogen-bond donors (Lipinski definition) is 0. The molecule has 0 radical (unpaired) electrons. The molecule has 0 amide bonds. The van der Waals surface area contributed by atoms with Crippen LogP contribution in [0.3, 0.4) is 0 Å². The van der Waals surface area contributed by atoms with Crippen LogP contribution in [0, 0.1) is 0 Å². The van der Waals surface area contributed by atoms with E-state index < -0.39 is 5.92 Å². The Labute approximate surface area is 94.7 Å². The molecule has 0 aliphatic carbocycles. The Bertz CT molecular complexity index is 243. The van der Waals surface area contributed by atoms with E-state index in [0.717, 1.165) is 5.56 Å². The molecule has 0 N–H and O–H groups in total. The molecular weight excluding hydrogens is 163 g/mol. The SMILES string of the molecule is O=CC(C=O)c1ccccc1.[H-].[Na+]. The topological polar surface area (TPSA) is 34.1 Å². The van der Waals surface area contributed by atoms with E-state index in [1.165, 1.54) is 0 Å². The summed E-state index contributed by atoms with van der Waals surface area (Å²) in [6.45, 7) is 0. The molecule has 12 heavy (non-hydrogen) atoms. The van der Waals surface area contributed by atoms with Gasteiger partial charge < -0.3 is 11.0 Å². The second-order valence-electron chi connectivity index (χ2n) is 2.21. The summed E-state index contributed by atoms with van der Waals surface area (Å²) < 4.78 is 0. The number of carbonyl (C=O) groups excluding carboxylic acids is 2. The van der Waals surface area contributed by atoms with E-state index in [1.54, 1.807) is 24.3 Å². The summed E-state index contributed by atoms with van der Waals surface area (Å²) in [4.78, 5) is 20.6. The molecule has 3 heteroatoms. The second-order valence-corrected chi connectivity index (χ2v) is 2.21. The maximum atomic E-state index is 10.3. The van der Waals surface area contributed by atoms with Crippen LogP contribution in [-0.2, 0) is 9.59 Å². The summed E-state index contributed by atoms with van der Waals surface area (Å²) in [6, 6.07) is 8.96. The fraction of sp³-hybridized carbons (Fsp3) is 0.111. The first kappa shape index (κ1) is 11.6. The van der Waals surface area contributed by atoms with E-state index >= 15 is 0 Å². The van der Waals surface area contributed by atoms with Gasteiger partial charge in [-0.25, -0.2) is 0 Å². The molecule has 0 aromatic heterocycles. The first-order chi connectivity index (χ1) is 5.38. The van der Waals surface area contributed by atoms with Gasteiger partial charge in [-0.2, -0.15) is 0 Å². The van der Waals surface area contributed by atoms with Crippen LogP contribution in [0.1, 0.15) is 12.9 Å². The zero-order valence-corrected chi connectivity index (χ0v) is 8.94. The van der Waals surface area contributed by atoms with Crippen LogP contribution in [0.25, 0.3) is 0 Å². The standard InChI is InChI=1S/C9H8O2.Na.H/c10-6-9(7-11)8-4-2-1-3-5-8;;/h1-7,9H;;/q;+1;-1. The number of carbonyl (C=O) groups is 2. The molecule has 0 bridgehead atoms. The monoisotopic (exact) mass is 172 g/mol. The molecule has 0 spiro atoms. The number of benzene rings is 1. The van der Waals surface area contributed by atoms with Gasteiger partial charge in [0.1, 0.15) is 12.6 Å². The van der Waals surface area contributed by atoms with Crippen molar-refractivity contribution in [3.8, 4) is 0 Å². The van der Waals surface area contributed by atoms with Crippen LogP contribution in [0.4, 0.5) is 0 Å². The van der Waals surface area contributed by atoms with E-state index in [0.29, 0.717) is 12.6 Å². The predicted octanol–water partition coefficient (Wildman–Crippen LogP) is -1.72. The molecule has 2 nitrogen and oxygen atoms in total. The van der Waals surface area contributed by atoms with Crippen LogP contribution in [0.15, 0.2) is 30.3 Å². The van der Waals surface area contributed by atoms with Gasteiger partial charge in [-0.1, -0.05) is 30.3 Å². The zero-order valence-electron chi connectivity index (χ0n) is 7.94. The Morgan fingerprint density at radius 1 is 1.08 bits per heavy atom. The summed E-state index contributed by atoms with van der Waals surface area (Å²) in [5.74, 6) is -0.601. The molecule has 0 heterocycles. The van der Waals surface area contributed by atoms with Crippen LogP contribution < -0.4 is 29.6 Å². The molecule has 0 atom stereocenters. The van der Waals surface area contributed by atoms with Gasteiger partial charge in [0, 0.05) is 0 Å². The van der Waals surface area contributed by atoms with Crippen LogP contribution in [0.2, 0.25) is 0 Å². The van der Waals surface area contributed by atoms with Crippen molar-refractivity contribution in [2.24, 2.45) is 0 Å². The van der Waals surface area contributed by atoms with Gasteiger partial charge in [0.05, 0.1) is 5.92 Å². The summed E-state index contributed by atoms with van der Waals surface area (Å²) >= 11 is 0. The minimum absolute atomic E-state index is 0. The summed E-state index contributed by atoms with van der Waals surface area (Å²) in [6.07, 6.45) is 1.28. The molecule has 0 aliphatic heterocycles. The molecular formula is C9H9NaO2. The van der Waals surface area contributed by atoms with Crippen molar-refractivity contribution >= 4 is 12.6 Å². The maximum absolute atomic E-state index is 10.3. The van der Waals surface area contributed by atoms with Crippen molar-refractivity contribution in [3.05, 3.63) is 35.9 Å². The van der Waals surface area contributed by atoms with Crippen molar-refractivity contribution in [2.75, 3.05) is 0 Å². The van der Waals surface area contributed by atoms with Crippen LogP contribution >= 0.6 is 0 Å². The van der Waals surface area contributed by atoms with E-state index in [-0.39, 0.29) is 31.0 Å². The van der Waals surface area contributed by atoms with Crippen molar-refractivity contribution < 1.29 is 40.6 Å². The average Bonchev–Trinajstić information content (AvgIpc) is 2.09. The zero-order chi connectivity index (χ0) is 8.10. The molecule has 1 rings (SSSR count). The van der Waals surface area contributed by atoms with Crippen molar-refractivity contribution in [1.82, 2.24) is 0 Å². The van der Waals surface area contributed by atoms with Crippen molar-refractivity contribution in [1.29, 1.82) is 0 Å². The number of rotatable bonds is 3. The van der Waals surface area contributed by atoms with E-state index in [9.17, 15) is 9.59 Å². The molecule has 0 saturated carbocycles. The van der Waals surface area contributed by atoms with Crippen LogP contribution in [0.5, 0.6) is 0 Å². The molecule has 1 aromatic rings. The van der Waals surface area contributed by atoms with Gasteiger partial charge in [0.2, 0.25) is 0 Å². The van der Waals surface area contributed by atoms with Gasteiger partial charge in [-0.05, 0) is 5.56 Å². The first-order valence-corrected chi connectivity index (χ1v) is 3.34. The minimum Gasteiger partial charge on any atom is -1.00 e. The minimum atomic E-state index is -0.601. The Morgan fingerprint density at radius 3 is 2.00 bits per heavy atom. The molecule has 0 saturated heterocycles. The number of hydrogen-bond acceptors (Lipinski definition) is 2. The third-order valence-corrected chi connectivity index (χ3v) is 1.48. The van der Waals surface area contributed by atoms with Crippen molar-refractivity contribution in [2.45, 2.75) is 5.92 Å². The van der Waals surface area contributed by atoms with Gasteiger partial charge in [-0.3, -0.25) is 0 Å². The Kier molecular flexibility index (Phi) is 5.89. The van der Waals surface area contributed by atoms with Gasteiger partial charge in [-0.15, -0.1) is 0 Å². The fourth-order valence-electron chi connectivity index (χ4n) is 0.864. The molecule has 0 aliphatic rings. The fourth-order valence-corrected chi connectivity index (χ4v) is 0.864. The van der Waals surface area contributed by atoms with Crippen molar-refractivity contribution in [3.63, 3.8) is 0 Å². The first-order valence-electron chi connectivity index (χ1n) is 3.34. The normalized spacial score (nSPS) is 8.75. The molecule has 1 aromatic carbocycles. The predicted molar refractivity (Wildman–Crippen MR) is 42.4 cm³/mol. The van der Waals surface area contributed by atoms with Gasteiger partial charge >= 0.3 is 29.6 Å². The third kappa shape index (κ3) is 2.89.